The van der Waals surface area contributed by atoms with Crippen molar-refractivity contribution in [3.63, 3.8) is 0 Å². The van der Waals surface area contributed by atoms with Crippen molar-refractivity contribution in [2.24, 2.45) is 10.7 Å². The molecule has 138 valence electrons. The summed E-state index contributed by atoms with van der Waals surface area (Å²) in [4.78, 5) is 9.34. The Morgan fingerprint density at radius 1 is 1.15 bits per heavy atom. The van der Waals surface area contributed by atoms with E-state index in [0.717, 1.165) is 40.9 Å². The number of aliphatic imine (C=N–C) groups is 1. The Morgan fingerprint density at radius 3 is 2.63 bits per heavy atom. The molecule has 3 N–H and O–H groups in total. The Hall–Kier alpha value is -3.22. The van der Waals surface area contributed by atoms with Crippen molar-refractivity contribution in [2.75, 3.05) is 18.5 Å². The van der Waals surface area contributed by atoms with E-state index in [9.17, 15) is 0 Å². The van der Waals surface area contributed by atoms with Gasteiger partial charge in [-0.3, -0.25) is 9.88 Å². The molecule has 7 nitrogen and oxygen atoms in total. The summed E-state index contributed by atoms with van der Waals surface area (Å²) < 4.78 is 13.7. The van der Waals surface area contributed by atoms with Gasteiger partial charge >= 0.3 is 0 Å². The van der Waals surface area contributed by atoms with Crippen LogP contribution < -0.4 is 20.5 Å². The molecule has 0 saturated carbocycles. The summed E-state index contributed by atoms with van der Waals surface area (Å²) in [6.07, 6.45) is 1.59. The first-order valence-electron chi connectivity index (χ1n) is 9.23. The Morgan fingerprint density at radius 2 is 1.89 bits per heavy atom. The van der Waals surface area contributed by atoms with Gasteiger partial charge in [-0.1, -0.05) is 31.2 Å². The fourth-order valence-electron chi connectivity index (χ4n) is 3.57. The predicted molar refractivity (Wildman–Crippen MR) is 105 cm³/mol. The monoisotopic (exact) mass is 363 g/mol. The van der Waals surface area contributed by atoms with Crippen molar-refractivity contribution < 1.29 is 9.47 Å². The molecule has 2 aromatic carbocycles. The van der Waals surface area contributed by atoms with Crippen molar-refractivity contribution in [3.8, 4) is 11.5 Å². The Labute approximate surface area is 156 Å². The van der Waals surface area contributed by atoms with E-state index in [0.29, 0.717) is 25.1 Å². The lowest BCUT2D eigenvalue weighted by Gasteiger charge is -2.24. The van der Waals surface area contributed by atoms with Gasteiger partial charge in [-0.05, 0) is 17.5 Å². The van der Waals surface area contributed by atoms with E-state index < -0.39 is 0 Å². The van der Waals surface area contributed by atoms with Gasteiger partial charge in [-0.2, -0.15) is 0 Å². The SMILES string of the molecule is CCc1ccc(C2N=C(N)Nc3nc4cc5c(cc4n32)OCCCO5)cc1. The first-order valence-corrected chi connectivity index (χ1v) is 9.23. The number of imidazole rings is 1. The minimum atomic E-state index is -0.276. The van der Waals surface area contributed by atoms with Crippen LogP contribution in [0.25, 0.3) is 11.0 Å². The summed E-state index contributed by atoms with van der Waals surface area (Å²) >= 11 is 0. The average Bonchev–Trinajstić information content (AvgIpc) is 2.87. The van der Waals surface area contributed by atoms with E-state index in [1.54, 1.807) is 0 Å². The summed E-state index contributed by atoms with van der Waals surface area (Å²) in [5.41, 5.74) is 10.1. The largest absolute Gasteiger partial charge is 0.489 e. The smallest absolute Gasteiger partial charge is 0.212 e. The van der Waals surface area contributed by atoms with Crippen molar-refractivity contribution >= 4 is 22.9 Å². The number of ether oxygens (including phenoxy) is 2. The van der Waals surface area contributed by atoms with Crippen LogP contribution in [0.3, 0.4) is 0 Å². The maximum Gasteiger partial charge on any atom is 0.212 e. The Bertz CT molecular complexity index is 1040. The minimum absolute atomic E-state index is 0.276. The number of hydrogen-bond acceptors (Lipinski definition) is 6. The molecule has 7 heteroatoms. The van der Waals surface area contributed by atoms with Crippen LogP contribution in [0.5, 0.6) is 11.5 Å². The van der Waals surface area contributed by atoms with Crippen LogP contribution in [-0.2, 0) is 6.42 Å². The molecule has 2 aliphatic rings. The number of nitrogens with one attached hydrogen (secondary N) is 1. The van der Waals surface area contributed by atoms with Crippen LogP contribution in [0.15, 0.2) is 41.4 Å². The second-order valence-corrected chi connectivity index (χ2v) is 6.75. The second-order valence-electron chi connectivity index (χ2n) is 6.75. The maximum atomic E-state index is 6.03. The minimum Gasteiger partial charge on any atom is -0.489 e. The number of nitrogens with two attached hydrogens (primary N) is 1. The van der Waals surface area contributed by atoms with Crippen LogP contribution in [0, 0.1) is 0 Å². The lowest BCUT2D eigenvalue weighted by molar-refractivity contribution is 0.297. The maximum absolute atomic E-state index is 6.03. The highest BCUT2D eigenvalue weighted by atomic mass is 16.5. The van der Waals surface area contributed by atoms with Crippen LogP contribution in [0.1, 0.15) is 30.6 Å². The zero-order chi connectivity index (χ0) is 18.4. The van der Waals surface area contributed by atoms with Gasteiger partial charge in [0, 0.05) is 18.6 Å². The topological polar surface area (TPSA) is 86.7 Å². The number of rotatable bonds is 2. The van der Waals surface area contributed by atoms with Crippen molar-refractivity contribution in [2.45, 2.75) is 25.9 Å². The lowest BCUT2D eigenvalue weighted by Crippen LogP contribution is -2.31. The molecule has 0 amide bonds. The van der Waals surface area contributed by atoms with Crippen molar-refractivity contribution in [1.82, 2.24) is 9.55 Å². The number of fused-ring (bicyclic) bond motifs is 4. The van der Waals surface area contributed by atoms with Crippen LogP contribution >= 0.6 is 0 Å². The number of aromatic nitrogens is 2. The number of benzene rings is 2. The second kappa shape index (κ2) is 6.19. The molecule has 1 atom stereocenters. The molecule has 2 aliphatic heterocycles. The molecule has 5 rings (SSSR count). The number of hydrogen-bond donors (Lipinski definition) is 2. The predicted octanol–water partition coefficient (Wildman–Crippen LogP) is 3.05. The highest BCUT2D eigenvalue weighted by Crippen LogP contribution is 2.38. The third kappa shape index (κ3) is 2.66. The van der Waals surface area contributed by atoms with Gasteiger partial charge in [0.25, 0.3) is 0 Å². The lowest BCUT2D eigenvalue weighted by atomic mass is 10.1. The highest BCUT2D eigenvalue weighted by Gasteiger charge is 2.26. The molecule has 3 aromatic rings. The van der Waals surface area contributed by atoms with E-state index in [1.165, 1.54) is 5.56 Å². The Balaban J connectivity index is 1.67. The molecule has 1 aromatic heterocycles. The summed E-state index contributed by atoms with van der Waals surface area (Å²) in [6, 6.07) is 12.4. The fourth-order valence-corrected chi connectivity index (χ4v) is 3.57. The van der Waals surface area contributed by atoms with Gasteiger partial charge < -0.3 is 15.2 Å². The third-order valence-electron chi connectivity index (χ3n) is 4.99. The first kappa shape index (κ1) is 16.0. The molecule has 1 unspecified atom stereocenters. The number of anilines is 1. The number of nitrogens with zero attached hydrogens (tertiary/aromatic N) is 3. The molecule has 0 fully saturated rings. The summed E-state index contributed by atoms with van der Waals surface area (Å²) in [5, 5.41) is 3.07. The van der Waals surface area contributed by atoms with E-state index in [-0.39, 0.29) is 6.17 Å². The van der Waals surface area contributed by atoms with Gasteiger partial charge in [0.2, 0.25) is 5.95 Å². The van der Waals surface area contributed by atoms with Gasteiger partial charge in [-0.25, -0.2) is 9.98 Å². The third-order valence-corrected chi connectivity index (χ3v) is 4.99. The van der Waals surface area contributed by atoms with E-state index in [1.807, 2.05) is 12.1 Å². The number of aryl methyl sites for hydroxylation is 1. The Kier molecular flexibility index (Phi) is 3.67. The van der Waals surface area contributed by atoms with Crippen LogP contribution in [0.2, 0.25) is 0 Å². The molecule has 3 heterocycles. The average molecular weight is 363 g/mol. The first-order chi connectivity index (χ1) is 13.2. The molecule has 0 saturated heterocycles. The van der Waals surface area contributed by atoms with Gasteiger partial charge in [0.1, 0.15) is 0 Å². The van der Waals surface area contributed by atoms with E-state index >= 15 is 0 Å². The van der Waals surface area contributed by atoms with Gasteiger partial charge in [0.15, 0.2) is 23.6 Å². The van der Waals surface area contributed by atoms with Crippen LogP contribution in [-0.4, -0.2) is 28.7 Å². The zero-order valence-electron chi connectivity index (χ0n) is 15.1. The molecule has 0 bridgehead atoms. The zero-order valence-corrected chi connectivity index (χ0v) is 15.1. The quantitative estimate of drug-likeness (QED) is 0.731. The van der Waals surface area contributed by atoms with Crippen molar-refractivity contribution in [3.05, 3.63) is 47.5 Å². The fraction of sp³-hybridized carbons (Fsp3) is 0.300. The van der Waals surface area contributed by atoms with Crippen molar-refractivity contribution in [1.29, 1.82) is 0 Å². The summed E-state index contributed by atoms with van der Waals surface area (Å²) in [7, 11) is 0. The van der Waals surface area contributed by atoms with E-state index in [4.69, 9.17) is 20.2 Å². The normalized spacial score (nSPS) is 18.4. The van der Waals surface area contributed by atoms with Gasteiger partial charge in [-0.15, -0.1) is 0 Å². The molecular weight excluding hydrogens is 342 g/mol. The summed E-state index contributed by atoms with van der Waals surface area (Å²) in [6.45, 7) is 3.43. The molecule has 0 spiro atoms. The van der Waals surface area contributed by atoms with Crippen LogP contribution in [0.4, 0.5) is 5.95 Å². The molecule has 0 aliphatic carbocycles. The molecular formula is C20H21N5O2. The summed E-state index contributed by atoms with van der Waals surface area (Å²) in [5.74, 6) is 2.50. The van der Waals surface area contributed by atoms with Gasteiger partial charge in [0.05, 0.1) is 24.2 Å². The highest BCUT2D eigenvalue weighted by molar-refractivity contribution is 5.95. The standard InChI is InChI=1S/C20H21N5O2/c1-2-12-4-6-13(7-5-12)18-23-19(21)24-20-22-14-10-16-17(11-15(14)25(18)20)27-9-3-8-26-16/h4-7,10-11,18H,2-3,8-9H2,1H3,(H3,21,22,23,24). The molecule has 0 radical (unpaired) electrons. The number of guanidine groups is 1. The molecule has 27 heavy (non-hydrogen) atoms. The van der Waals surface area contributed by atoms with E-state index in [2.05, 4.69) is 46.1 Å².